The highest BCUT2D eigenvalue weighted by Gasteiger charge is 2.30. The summed E-state index contributed by atoms with van der Waals surface area (Å²) in [6.45, 7) is 1.75. The number of hydrogen-bond donors (Lipinski definition) is 0. The van der Waals surface area contributed by atoms with Gasteiger partial charge in [-0.15, -0.1) is 5.10 Å². The molecule has 3 heterocycles. The van der Waals surface area contributed by atoms with Gasteiger partial charge in [0.2, 0.25) is 0 Å². The van der Waals surface area contributed by atoms with Crippen LogP contribution in [0.1, 0.15) is 29.3 Å². The lowest BCUT2D eigenvalue weighted by molar-refractivity contribution is 0.365. The van der Waals surface area contributed by atoms with E-state index in [-0.39, 0.29) is 0 Å². The zero-order valence-electron chi connectivity index (χ0n) is 11.0. The van der Waals surface area contributed by atoms with E-state index in [2.05, 4.69) is 32.3 Å². The molecule has 2 aromatic rings. The molecule has 1 aliphatic carbocycles. The van der Waals surface area contributed by atoms with Crippen molar-refractivity contribution < 1.29 is 0 Å². The van der Waals surface area contributed by atoms with E-state index < -0.39 is 0 Å². The molecule has 4 rings (SSSR count). The van der Waals surface area contributed by atoms with E-state index in [4.69, 9.17) is 5.26 Å². The molecule has 0 radical (unpaired) electrons. The first-order valence-electron chi connectivity index (χ1n) is 6.88. The van der Waals surface area contributed by atoms with Gasteiger partial charge in [-0.2, -0.15) is 15.5 Å². The van der Waals surface area contributed by atoms with Gasteiger partial charge in [0.1, 0.15) is 6.07 Å². The van der Waals surface area contributed by atoms with E-state index in [0.717, 1.165) is 37.4 Å². The Bertz CT molecular complexity index is 692. The van der Waals surface area contributed by atoms with Gasteiger partial charge in [-0.1, -0.05) is 0 Å². The van der Waals surface area contributed by atoms with E-state index in [1.807, 2.05) is 4.68 Å². The van der Waals surface area contributed by atoms with E-state index in [9.17, 15) is 0 Å². The molecule has 0 N–H and O–H groups in total. The predicted molar refractivity (Wildman–Crippen MR) is 72.2 cm³/mol. The molecule has 6 heteroatoms. The van der Waals surface area contributed by atoms with Crippen LogP contribution in [0.3, 0.4) is 0 Å². The van der Waals surface area contributed by atoms with Crippen LogP contribution >= 0.6 is 0 Å². The van der Waals surface area contributed by atoms with Crippen LogP contribution in [-0.4, -0.2) is 33.1 Å². The van der Waals surface area contributed by atoms with Gasteiger partial charge in [0, 0.05) is 19.3 Å². The lowest BCUT2D eigenvalue weighted by Gasteiger charge is -2.39. The second-order valence-corrected chi connectivity index (χ2v) is 5.41. The molecule has 20 heavy (non-hydrogen) atoms. The monoisotopic (exact) mass is 266 g/mol. The Labute approximate surface area is 116 Å². The molecule has 0 amide bonds. The number of hydrogen-bond acceptors (Lipinski definition) is 5. The van der Waals surface area contributed by atoms with Gasteiger partial charge in [-0.3, -0.25) is 4.68 Å². The average Bonchev–Trinajstić information content (AvgIpc) is 3.04. The summed E-state index contributed by atoms with van der Waals surface area (Å²) < 4.78 is 1.87. The van der Waals surface area contributed by atoms with E-state index in [1.165, 1.54) is 12.0 Å². The smallest absolute Gasteiger partial charge is 0.151 e. The molecule has 0 atom stereocenters. The normalized spacial score (nSPS) is 17.6. The molecule has 6 nitrogen and oxygen atoms in total. The summed E-state index contributed by atoms with van der Waals surface area (Å²) in [5.74, 6) is 0.967. The van der Waals surface area contributed by atoms with Crippen LogP contribution in [0.15, 0.2) is 18.5 Å². The van der Waals surface area contributed by atoms with Crippen molar-refractivity contribution in [2.75, 3.05) is 18.0 Å². The van der Waals surface area contributed by atoms with Crippen molar-refractivity contribution in [1.29, 1.82) is 5.26 Å². The molecule has 1 fully saturated rings. The van der Waals surface area contributed by atoms with Crippen LogP contribution in [0, 0.1) is 11.3 Å². The Morgan fingerprint density at radius 3 is 2.95 bits per heavy atom. The maximum atomic E-state index is 8.81. The highest BCUT2D eigenvalue weighted by molar-refractivity contribution is 5.45. The number of fused-ring (bicyclic) bond motifs is 1. The molecule has 0 spiro atoms. The molecule has 0 unspecified atom stereocenters. The van der Waals surface area contributed by atoms with Gasteiger partial charge in [0.15, 0.2) is 5.82 Å². The van der Waals surface area contributed by atoms with E-state index in [0.29, 0.717) is 11.6 Å². The fourth-order valence-electron chi connectivity index (χ4n) is 2.88. The first kappa shape index (κ1) is 11.4. The average molecular weight is 266 g/mol. The largest absolute Gasteiger partial charge is 0.351 e. The second-order valence-electron chi connectivity index (χ2n) is 5.41. The maximum Gasteiger partial charge on any atom is 0.151 e. The lowest BCUT2D eigenvalue weighted by atomic mass is 10.1. The highest BCUT2D eigenvalue weighted by Crippen LogP contribution is 2.28. The van der Waals surface area contributed by atoms with Gasteiger partial charge in [0.05, 0.1) is 23.5 Å². The van der Waals surface area contributed by atoms with Crippen molar-refractivity contribution >= 4 is 5.82 Å². The third-order valence-electron chi connectivity index (χ3n) is 4.10. The van der Waals surface area contributed by atoms with Crippen molar-refractivity contribution in [2.24, 2.45) is 0 Å². The van der Waals surface area contributed by atoms with Crippen molar-refractivity contribution in [3.8, 4) is 6.07 Å². The SMILES string of the molecule is N#Cc1cnn(C2CN(c3cc4c(nn3)CCC4)C2)c1. The zero-order valence-corrected chi connectivity index (χ0v) is 11.0. The third-order valence-corrected chi connectivity index (χ3v) is 4.10. The fourth-order valence-corrected chi connectivity index (χ4v) is 2.88. The summed E-state index contributed by atoms with van der Waals surface area (Å²) >= 11 is 0. The van der Waals surface area contributed by atoms with Crippen LogP contribution in [0.4, 0.5) is 5.82 Å². The summed E-state index contributed by atoms with van der Waals surface area (Å²) in [7, 11) is 0. The first-order valence-corrected chi connectivity index (χ1v) is 6.88. The summed E-state index contributed by atoms with van der Waals surface area (Å²) in [4.78, 5) is 2.21. The van der Waals surface area contributed by atoms with Crippen molar-refractivity contribution in [3.05, 3.63) is 35.3 Å². The summed E-state index contributed by atoms with van der Waals surface area (Å²) in [5.41, 5.74) is 3.13. The fraction of sp³-hybridized carbons (Fsp3) is 0.429. The van der Waals surface area contributed by atoms with E-state index in [1.54, 1.807) is 12.4 Å². The minimum absolute atomic E-state index is 0.326. The van der Waals surface area contributed by atoms with Crippen LogP contribution in [0.25, 0.3) is 0 Å². The Hall–Kier alpha value is -2.42. The van der Waals surface area contributed by atoms with Gasteiger partial charge in [-0.05, 0) is 30.9 Å². The van der Waals surface area contributed by atoms with Crippen LogP contribution in [0.5, 0.6) is 0 Å². The summed E-state index contributed by atoms with van der Waals surface area (Å²) in [6.07, 6.45) is 6.80. The Morgan fingerprint density at radius 2 is 2.15 bits per heavy atom. The van der Waals surface area contributed by atoms with Crippen molar-refractivity contribution in [2.45, 2.75) is 25.3 Å². The van der Waals surface area contributed by atoms with Gasteiger partial charge < -0.3 is 4.90 Å². The summed E-state index contributed by atoms with van der Waals surface area (Å²) in [6, 6.07) is 4.60. The van der Waals surface area contributed by atoms with Crippen molar-refractivity contribution in [3.63, 3.8) is 0 Å². The maximum absolute atomic E-state index is 8.81. The number of nitriles is 1. The predicted octanol–water partition coefficient (Wildman–Crippen LogP) is 1.09. The molecule has 100 valence electrons. The second kappa shape index (κ2) is 4.30. The lowest BCUT2D eigenvalue weighted by Crippen LogP contribution is -2.48. The quantitative estimate of drug-likeness (QED) is 0.814. The molecule has 1 saturated heterocycles. The molecular formula is C14H14N6. The molecule has 0 aromatic carbocycles. The minimum atomic E-state index is 0.326. The Kier molecular flexibility index (Phi) is 2.46. The molecular weight excluding hydrogens is 252 g/mol. The highest BCUT2D eigenvalue weighted by atomic mass is 15.4. The van der Waals surface area contributed by atoms with Gasteiger partial charge in [-0.25, -0.2) is 0 Å². The standard InChI is InChI=1S/C14H14N6/c15-5-10-6-16-20(7-10)12-8-19(9-12)14-4-11-2-1-3-13(11)17-18-14/h4,6-7,12H,1-3,8-9H2. The van der Waals surface area contributed by atoms with Crippen molar-refractivity contribution in [1.82, 2.24) is 20.0 Å². The van der Waals surface area contributed by atoms with Gasteiger partial charge >= 0.3 is 0 Å². The summed E-state index contributed by atoms with van der Waals surface area (Å²) in [5, 5.41) is 21.7. The van der Waals surface area contributed by atoms with Crippen LogP contribution in [-0.2, 0) is 12.8 Å². The third kappa shape index (κ3) is 1.74. The van der Waals surface area contributed by atoms with E-state index >= 15 is 0 Å². The number of aromatic nitrogens is 4. The van der Waals surface area contributed by atoms with Gasteiger partial charge in [0.25, 0.3) is 0 Å². The molecule has 2 aromatic heterocycles. The number of rotatable bonds is 2. The molecule has 1 aliphatic heterocycles. The topological polar surface area (TPSA) is 70.6 Å². The Morgan fingerprint density at radius 1 is 1.25 bits per heavy atom. The molecule has 0 bridgehead atoms. The Balaban J connectivity index is 1.47. The minimum Gasteiger partial charge on any atom is -0.351 e. The number of aryl methyl sites for hydroxylation is 2. The zero-order chi connectivity index (χ0) is 13.5. The van der Waals surface area contributed by atoms with Crippen LogP contribution in [0.2, 0.25) is 0 Å². The molecule has 0 saturated carbocycles. The number of anilines is 1. The first-order chi connectivity index (χ1) is 9.83. The number of nitrogens with zero attached hydrogens (tertiary/aromatic N) is 6. The molecule has 2 aliphatic rings. The van der Waals surface area contributed by atoms with Crippen LogP contribution < -0.4 is 4.90 Å².